The lowest BCUT2D eigenvalue weighted by Crippen LogP contribution is -2.30. The van der Waals surface area contributed by atoms with Gasteiger partial charge in [-0.25, -0.2) is 9.78 Å². The lowest BCUT2D eigenvalue weighted by atomic mass is 9.70. The molecule has 30 heavy (non-hydrogen) atoms. The van der Waals surface area contributed by atoms with Crippen molar-refractivity contribution in [3.8, 4) is 11.8 Å². The van der Waals surface area contributed by atoms with Crippen molar-refractivity contribution in [2.24, 2.45) is 0 Å². The van der Waals surface area contributed by atoms with Crippen molar-refractivity contribution in [3.05, 3.63) is 58.4 Å². The van der Waals surface area contributed by atoms with Crippen LogP contribution in [0.1, 0.15) is 91.5 Å². The van der Waals surface area contributed by atoms with Gasteiger partial charge in [0, 0.05) is 16.7 Å². The maximum absolute atomic E-state index is 11.1. The Labute approximate surface area is 184 Å². The molecule has 0 atom stereocenters. The summed E-state index contributed by atoms with van der Waals surface area (Å²) in [4.78, 5) is 16.8. The van der Waals surface area contributed by atoms with Gasteiger partial charge in [0.25, 0.3) is 0 Å². The zero-order chi connectivity index (χ0) is 21.6. The van der Waals surface area contributed by atoms with Crippen molar-refractivity contribution in [2.45, 2.75) is 76.0 Å². The second-order valence-electron chi connectivity index (χ2n) is 8.24. The van der Waals surface area contributed by atoms with Gasteiger partial charge in [0.2, 0.25) is 0 Å². The number of hydrogen-bond donors (Lipinski definition) is 1. The molecule has 3 nitrogen and oxygen atoms in total. The molecule has 0 aliphatic carbocycles. The predicted molar refractivity (Wildman–Crippen MR) is 124 cm³/mol. The molecule has 2 aromatic rings. The van der Waals surface area contributed by atoms with E-state index in [4.69, 9.17) is 5.11 Å². The van der Waals surface area contributed by atoms with Gasteiger partial charge in [-0.05, 0) is 78.7 Å². The SMILES string of the molecule is CCCCC1(CCCC)CCSc2ccc(C#Cc3ncc(C(=O)O)cc3C)cc21. The molecule has 1 N–H and O–H groups in total. The zero-order valence-electron chi connectivity index (χ0n) is 18.3. The van der Waals surface area contributed by atoms with Crippen LogP contribution in [0.15, 0.2) is 35.4 Å². The standard InChI is InChI=1S/C26H31NO2S/c1-4-6-12-26(13-7-5-2)14-15-30-24-11-9-20(17-22(24)26)8-10-23-19(3)16-21(18-27-23)25(28)29/h9,11,16-18H,4-7,12-15H2,1-3H3,(H,28,29). The smallest absolute Gasteiger partial charge is 0.337 e. The Kier molecular flexibility index (Phi) is 7.61. The van der Waals surface area contributed by atoms with Crippen molar-refractivity contribution < 1.29 is 9.90 Å². The minimum absolute atomic E-state index is 0.195. The Morgan fingerprint density at radius 1 is 1.17 bits per heavy atom. The zero-order valence-corrected chi connectivity index (χ0v) is 19.1. The highest BCUT2D eigenvalue weighted by Crippen LogP contribution is 2.48. The first-order valence-electron chi connectivity index (χ1n) is 11.0. The highest BCUT2D eigenvalue weighted by atomic mass is 32.2. The molecule has 0 saturated heterocycles. The number of pyridine rings is 1. The van der Waals surface area contributed by atoms with Gasteiger partial charge >= 0.3 is 5.97 Å². The van der Waals surface area contributed by atoms with Crippen molar-refractivity contribution in [1.29, 1.82) is 0 Å². The molecular formula is C26H31NO2S. The van der Waals surface area contributed by atoms with E-state index in [0.717, 1.165) is 11.1 Å². The lowest BCUT2D eigenvalue weighted by molar-refractivity contribution is 0.0696. The van der Waals surface area contributed by atoms with Crippen LogP contribution in [0.2, 0.25) is 0 Å². The van der Waals surface area contributed by atoms with E-state index in [-0.39, 0.29) is 11.0 Å². The summed E-state index contributed by atoms with van der Waals surface area (Å²) in [6, 6.07) is 8.28. The van der Waals surface area contributed by atoms with E-state index < -0.39 is 5.97 Å². The molecule has 1 aromatic heterocycles. The van der Waals surface area contributed by atoms with Gasteiger partial charge in [0.05, 0.1) is 5.56 Å². The van der Waals surface area contributed by atoms with E-state index in [1.165, 1.54) is 67.4 Å². The molecular weight excluding hydrogens is 390 g/mol. The van der Waals surface area contributed by atoms with E-state index in [9.17, 15) is 4.79 Å². The van der Waals surface area contributed by atoms with Crippen LogP contribution in [0.4, 0.5) is 0 Å². The van der Waals surface area contributed by atoms with Crippen LogP contribution < -0.4 is 0 Å². The van der Waals surface area contributed by atoms with Crippen LogP contribution in [-0.4, -0.2) is 21.8 Å². The Hall–Kier alpha value is -2.25. The van der Waals surface area contributed by atoms with Gasteiger partial charge in [-0.15, -0.1) is 11.8 Å². The third kappa shape index (κ3) is 5.08. The third-order valence-electron chi connectivity index (χ3n) is 6.06. The van der Waals surface area contributed by atoms with Crippen molar-refractivity contribution in [1.82, 2.24) is 4.98 Å². The van der Waals surface area contributed by atoms with Crippen LogP contribution in [0.5, 0.6) is 0 Å². The first-order chi connectivity index (χ1) is 14.5. The fourth-order valence-electron chi connectivity index (χ4n) is 4.27. The van der Waals surface area contributed by atoms with Gasteiger partial charge in [-0.3, -0.25) is 0 Å². The lowest BCUT2D eigenvalue weighted by Gasteiger charge is -2.39. The number of rotatable bonds is 7. The maximum Gasteiger partial charge on any atom is 0.337 e. The number of aryl methyl sites for hydroxylation is 1. The van der Waals surface area contributed by atoms with Crippen molar-refractivity contribution in [3.63, 3.8) is 0 Å². The molecule has 0 saturated carbocycles. The first-order valence-corrected chi connectivity index (χ1v) is 12.0. The molecule has 0 spiro atoms. The van der Waals surface area contributed by atoms with Crippen LogP contribution in [0.3, 0.4) is 0 Å². The Morgan fingerprint density at radius 3 is 2.53 bits per heavy atom. The summed E-state index contributed by atoms with van der Waals surface area (Å²) < 4.78 is 0. The number of aromatic carboxylic acids is 1. The number of carboxylic acids is 1. The van der Waals surface area contributed by atoms with Crippen molar-refractivity contribution in [2.75, 3.05) is 5.75 Å². The highest BCUT2D eigenvalue weighted by molar-refractivity contribution is 7.99. The molecule has 0 radical (unpaired) electrons. The topological polar surface area (TPSA) is 50.2 Å². The number of thioether (sulfide) groups is 1. The number of nitrogens with zero attached hydrogens (tertiary/aromatic N) is 1. The van der Waals surface area contributed by atoms with Gasteiger partial charge in [0.1, 0.15) is 5.69 Å². The normalized spacial score (nSPS) is 14.5. The number of carboxylic acid groups (broad SMARTS) is 1. The average Bonchev–Trinajstić information content (AvgIpc) is 2.75. The molecule has 2 heterocycles. The van der Waals surface area contributed by atoms with Crippen LogP contribution in [0.25, 0.3) is 0 Å². The summed E-state index contributed by atoms with van der Waals surface area (Å²) in [7, 11) is 0. The third-order valence-corrected chi connectivity index (χ3v) is 7.13. The first kappa shape index (κ1) is 22.4. The fraction of sp³-hybridized carbons (Fsp3) is 0.462. The molecule has 1 aromatic carbocycles. The Balaban J connectivity index is 1.95. The average molecular weight is 422 g/mol. The quantitative estimate of drug-likeness (QED) is 0.512. The Bertz CT molecular complexity index is 963. The molecule has 1 aliphatic heterocycles. The molecule has 3 rings (SSSR count). The predicted octanol–water partition coefficient (Wildman–Crippen LogP) is 6.60. The summed E-state index contributed by atoms with van der Waals surface area (Å²) in [6.45, 7) is 6.41. The molecule has 0 unspecified atom stereocenters. The Morgan fingerprint density at radius 2 is 1.90 bits per heavy atom. The molecule has 0 amide bonds. The summed E-state index contributed by atoms with van der Waals surface area (Å²) in [5.74, 6) is 6.67. The van der Waals surface area contributed by atoms with E-state index in [2.05, 4.69) is 48.9 Å². The van der Waals surface area contributed by atoms with Gasteiger partial charge in [0.15, 0.2) is 0 Å². The van der Waals surface area contributed by atoms with Crippen molar-refractivity contribution >= 4 is 17.7 Å². The summed E-state index contributed by atoms with van der Waals surface area (Å²) in [5.41, 5.74) is 4.39. The van der Waals surface area contributed by atoms with E-state index >= 15 is 0 Å². The summed E-state index contributed by atoms with van der Waals surface area (Å²) in [6.07, 6.45) is 10.1. The molecule has 4 heteroatoms. The largest absolute Gasteiger partial charge is 0.478 e. The number of fused-ring (bicyclic) bond motifs is 1. The van der Waals surface area contributed by atoms with Crippen LogP contribution in [0, 0.1) is 18.8 Å². The number of unbranched alkanes of at least 4 members (excludes halogenated alkanes) is 2. The van der Waals surface area contributed by atoms with Gasteiger partial charge in [-0.1, -0.05) is 45.5 Å². The van der Waals surface area contributed by atoms with E-state index in [1.54, 1.807) is 6.07 Å². The minimum atomic E-state index is -0.965. The van der Waals surface area contributed by atoms with E-state index in [1.807, 2.05) is 18.7 Å². The number of aromatic nitrogens is 1. The minimum Gasteiger partial charge on any atom is -0.478 e. The second kappa shape index (κ2) is 10.2. The summed E-state index contributed by atoms with van der Waals surface area (Å²) in [5, 5.41) is 9.11. The maximum atomic E-state index is 11.1. The molecule has 1 aliphatic rings. The number of benzene rings is 1. The van der Waals surface area contributed by atoms with Crippen LogP contribution in [-0.2, 0) is 5.41 Å². The second-order valence-corrected chi connectivity index (χ2v) is 9.38. The molecule has 158 valence electrons. The summed E-state index contributed by atoms with van der Waals surface area (Å²) >= 11 is 1.97. The van der Waals surface area contributed by atoms with Crippen LogP contribution >= 0.6 is 11.8 Å². The van der Waals surface area contributed by atoms with E-state index in [0.29, 0.717) is 5.69 Å². The van der Waals surface area contributed by atoms with Gasteiger partial charge in [-0.2, -0.15) is 0 Å². The highest BCUT2D eigenvalue weighted by Gasteiger charge is 2.35. The molecule has 0 fully saturated rings. The molecule has 0 bridgehead atoms. The number of hydrogen-bond acceptors (Lipinski definition) is 3. The van der Waals surface area contributed by atoms with Gasteiger partial charge < -0.3 is 5.11 Å². The number of carbonyl (C=O) groups is 1. The fourth-order valence-corrected chi connectivity index (χ4v) is 5.58. The monoisotopic (exact) mass is 421 g/mol.